The maximum absolute atomic E-state index is 13.0. The number of benzene rings is 2. The molecule has 0 radical (unpaired) electrons. The highest BCUT2D eigenvalue weighted by molar-refractivity contribution is 6.30. The molecule has 0 atom stereocenters. The molecule has 0 unspecified atom stereocenters. The summed E-state index contributed by atoms with van der Waals surface area (Å²) < 4.78 is 1.88. The van der Waals surface area contributed by atoms with Gasteiger partial charge in [-0.25, -0.2) is 4.98 Å². The number of fused-ring (bicyclic) bond motifs is 1. The SMILES string of the molecule is CCc1nc2cc(C)ccn2c1C(=O)NCc1ccc(N2CCN(c3ccc(Cl)cc3)CC2)cc1. The molecular weight excluding hydrogens is 458 g/mol. The molecule has 0 spiro atoms. The molecule has 35 heavy (non-hydrogen) atoms. The van der Waals surface area contributed by atoms with Crippen LogP contribution >= 0.6 is 11.6 Å². The predicted molar refractivity (Wildman–Crippen MR) is 143 cm³/mol. The molecule has 0 aliphatic carbocycles. The smallest absolute Gasteiger partial charge is 0.270 e. The molecule has 1 N–H and O–H groups in total. The van der Waals surface area contributed by atoms with Crippen LogP contribution in [0.5, 0.6) is 0 Å². The van der Waals surface area contributed by atoms with Gasteiger partial charge in [0.1, 0.15) is 11.3 Å². The van der Waals surface area contributed by atoms with Gasteiger partial charge in [0.2, 0.25) is 0 Å². The molecule has 1 amide bonds. The molecule has 1 saturated heterocycles. The summed E-state index contributed by atoms with van der Waals surface area (Å²) >= 11 is 6.02. The van der Waals surface area contributed by atoms with Gasteiger partial charge in [0, 0.05) is 55.3 Å². The second kappa shape index (κ2) is 10.0. The molecule has 1 aliphatic rings. The number of carbonyl (C=O) groups excluding carboxylic acids is 1. The lowest BCUT2D eigenvalue weighted by Crippen LogP contribution is -2.46. The van der Waals surface area contributed by atoms with Crippen molar-refractivity contribution in [3.8, 4) is 0 Å². The number of piperazine rings is 1. The average Bonchev–Trinajstić information content (AvgIpc) is 3.26. The van der Waals surface area contributed by atoms with E-state index in [2.05, 4.69) is 56.5 Å². The van der Waals surface area contributed by atoms with E-state index in [9.17, 15) is 4.79 Å². The number of anilines is 2. The van der Waals surface area contributed by atoms with Crippen LogP contribution in [0, 0.1) is 6.92 Å². The Balaban J connectivity index is 1.19. The number of aromatic nitrogens is 2. The van der Waals surface area contributed by atoms with E-state index >= 15 is 0 Å². The Morgan fingerprint density at radius 1 is 0.943 bits per heavy atom. The third kappa shape index (κ3) is 4.98. The van der Waals surface area contributed by atoms with Gasteiger partial charge in [-0.1, -0.05) is 30.7 Å². The predicted octanol–water partition coefficient (Wildman–Crippen LogP) is 5.12. The highest BCUT2D eigenvalue weighted by atomic mass is 35.5. The van der Waals surface area contributed by atoms with E-state index in [-0.39, 0.29) is 5.91 Å². The highest BCUT2D eigenvalue weighted by Gasteiger charge is 2.19. The Morgan fingerprint density at radius 3 is 2.14 bits per heavy atom. The van der Waals surface area contributed by atoms with Crippen LogP contribution in [-0.4, -0.2) is 41.5 Å². The van der Waals surface area contributed by atoms with Crippen molar-refractivity contribution in [3.63, 3.8) is 0 Å². The second-order valence-corrected chi connectivity index (χ2v) is 9.43. The molecule has 1 aliphatic heterocycles. The van der Waals surface area contributed by atoms with Crippen molar-refractivity contribution >= 4 is 34.5 Å². The van der Waals surface area contributed by atoms with Crippen LogP contribution in [0.4, 0.5) is 11.4 Å². The zero-order valence-corrected chi connectivity index (χ0v) is 20.9. The number of imidazole rings is 1. The first kappa shape index (κ1) is 23.2. The van der Waals surface area contributed by atoms with Crippen LogP contribution < -0.4 is 15.1 Å². The number of hydrogen-bond donors (Lipinski definition) is 1. The lowest BCUT2D eigenvalue weighted by Gasteiger charge is -2.37. The molecule has 180 valence electrons. The lowest BCUT2D eigenvalue weighted by atomic mass is 10.1. The lowest BCUT2D eigenvalue weighted by molar-refractivity contribution is 0.0944. The Labute approximate surface area is 211 Å². The first-order chi connectivity index (χ1) is 17.0. The summed E-state index contributed by atoms with van der Waals surface area (Å²) in [6, 6.07) is 20.5. The van der Waals surface area contributed by atoms with Gasteiger partial charge in [-0.3, -0.25) is 9.20 Å². The Bertz CT molecular complexity index is 1320. The standard InChI is InChI=1S/C28H30ClN5O/c1-3-25-27(34-13-12-20(2)18-26(34)31-25)28(35)30-19-21-4-8-23(9-5-21)32-14-16-33(17-15-32)24-10-6-22(29)7-11-24/h4-13,18H,3,14-17,19H2,1-2H3,(H,30,35). The topological polar surface area (TPSA) is 52.9 Å². The number of carbonyl (C=O) groups is 1. The van der Waals surface area contributed by atoms with Crippen LogP contribution in [0.25, 0.3) is 5.65 Å². The number of amides is 1. The first-order valence-electron chi connectivity index (χ1n) is 12.1. The van der Waals surface area contributed by atoms with E-state index in [1.165, 1.54) is 11.4 Å². The summed E-state index contributed by atoms with van der Waals surface area (Å²) in [6.45, 7) is 8.41. The third-order valence-electron chi connectivity index (χ3n) is 6.63. The minimum absolute atomic E-state index is 0.0967. The number of nitrogens with one attached hydrogen (secondary N) is 1. The maximum atomic E-state index is 13.0. The van der Waals surface area contributed by atoms with Crippen LogP contribution in [0.15, 0.2) is 66.9 Å². The fourth-order valence-corrected chi connectivity index (χ4v) is 4.77. The number of aryl methyl sites for hydroxylation is 2. The number of pyridine rings is 1. The van der Waals surface area contributed by atoms with Gasteiger partial charge in [-0.05, 0) is 73.0 Å². The zero-order valence-electron chi connectivity index (χ0n) is 20.2. The van der Waals surface area contributed by atoms with Gasteiger partial charge in [0.15, 0.2) is 0 Å². The first-order valence-corrected chi connectivity index (χ1v) is 12.5. The molecule has 3 heterocycles. The minimum Gasteiger partial charge on any atom is -0.368 e. The number of nitrogens with zero attached hydrogens (tertiary/aromatic N) is 4. The van der Waals surface area contributed by atoms with E-state index in [4.69, 9.17) is 11.6 Å². The molecule has 0 saturated carbocycles. The van der Waals surface area contributed by atoms with E-state index in [1.54, 1.807) is 0 Å². The van der Waals surface area contributed by atoms with Crippen LogP contribution in [0.3, 0.4) is 0 Å². The zero-order chi connectivity index (χ0) is 24.4. The van der Waals surface area contributed by atoms with Crippen LogP contribution in [0.1, 0.15) is 34.2 Å². The van der Waals surface area contributed by atoms with Crippen molar-refractivity contribution in [1.29, 1.82) is 0 Å². The summed E-state index contributed by atoms with van der Waals surface area (Å²) in [5.74, 6) is -0.0967. The van der Waals surface area contributed by atoms with E-state index < -0.39 is 0 Å². The quantitative estimate of drug-likeness (QED) is 0.410. The summed E-state index contributed by atoms with van der Waals surface area (Å²) in [6.07, 6.45) is 2.64. The third-order valence-corrected chi connectivity index (χ3v) is 6.88. The molecule has 7 heteroatoms. The summed E-state index contributed by atoms with van der Waals surface area (Å²) in [5, 5.41) is 3.85. The normalized spacial score (nSPS) is 13.9. The van der Waals surface area contributed by atoms with Gasteiger partial charge in [0.05, 0.1) is 5.69 Å². The van der Waals surface area contributed by atoms with E-state index in [1.807, 2.05) is 48.7 Å². The van der Waals surface area contributed by atoms with Crippen molar-refractivity contribution in [2.75, 3.05) is 36.0 Å². The van der Waals surface area contributed by atoms with Gasteiger partial charge in [-0.2, -0.15) is 0 Å². The van der Waals surface area contributed by atoms with E-state index in [0.29, 0.717) is 18.7 Å². The number of rotatable bonds is 6. The molecule has 4 aromatic rings. The van der Waals surface area contributed by atoms with Gasteiger partial charge in [0.25, 0.3) is 5.91 Å². The summed E-state index contributed by atoms with van der Waals surface area (Å²) in [5.41, 5.74) is 6.88. The Kier molecular flexibility index (Phi) is 6.64. The summed E-state index contributed by atoms with van der Waals surface area (Å²) in [7, 11) is 0. The van der Waals surface area contributed by atoms with Gasteiger partial charge >= 0.3 is 0 Å². The molecule has 0 bridgehead atoms. The van der Waals surface area contributed by atoms with E-state index in [0.717, 1.165) is 53.7 Å². The minimum atomic E-state index is -0.0967. The Morgan fingerprint density at radius 2 is 1.54 bits per heavy atom. The fraction of sp³-hybridized carbons (Fsp3) is 0.286. The van der Waals surface area contributed by atoms with Gasteiger partial charge < -0.3 is 15.1 Å². The van der Waals surface area contributed by atoms with Crippen molar-refractivity contribution in [3.05, 3.63) is 94.4 Å². The number of halogens is 1. The molecule has 2 aromatic carbocycles. The van der Waals surface area contributed by atoms with Crippen molar-refractivity contribution < 1.29 is 4.79 Å². The van der Waals surface area contributed by atoms with Gasteiger partial charge in [-0.15, -0.1) is 0 Å². The monoisotopic (exact) mass is 487 g/mol. The van der Waals surface area contributed by atoms with Crippen molar-refractivity contribution in [2.24, 2.45) is 0 Å². The van der Waals surface area contributed by atoms with Crippen LogP contribution in [0.2, 0.25) is 5.02 Å². The fourth-order valence-electron chi connectivity index (χ4n) is 4.65. The molecule has 2 aromatic heterocycles. The average molecular weight is 488 g/mol. The molecule has 6 nitrogen and oxygen atoms in total. The molecule has 1 fully saturated rings. The summed E-state index contributed by atoms with van der Waals surface area (Å²) in [4.78, 5) is 22.5. The molecule has 5 rings (SSSR count). The second-order valence-electron chi connectivity index (χ2n) is 8.99. The highest BCUT2D eigenvalue weighted by Crippen LogP contribution is 2.23. The largest absolute Gasteiger partial charge is 0.368 e. The van der Waals surface area contributed by atoms with Crippen LogP contribution in [-0.2, 0) is 13.0 Å². The van der Waals surface area contributed by atoms with Crippen molar-refractivity contribution in [1.82, 2.24) is 14.7 Å². The maximum Gasteiger partial charge on any atom is 0.270 e. The number of hydrogen-bond acceptors (Lipinski definition) is 4. The molecular formula is C28H30ClN5O. The van der Waals surface area contributed by atoms with Crippen molar-refractivity contribution in [2.45, 2.75) is 26.8 Å². The Hall–Kier alpha value is -3.51.